The highest BCUT2D eigenvalue weighted by Gasteiger charge is 2.50. The zero-order valence-electron chi connectivity index (χ0n) is 9.83. The van der Waals surface area contributed by atoms with Crippen LogP contribution in [0.2, 0.25) is 0 Å². The number of fused-ring (bicyclic) bond motifs is 1. The standard InChI is InChI=1S/C13H21NO/c1-9-5-11-7-14(8-13(11,2)6-9)12(15)10-3-4-10/h9-11H,3-8H2,1-2H3. The van der Waals surface area contributed by atoms with Crippen LogP contribution in [0.25, 0.3) is 0 Å². The molecule has 0 aromatic rings. The third kappa shape index (κ3) is 1.49. The second kappa shape index (κ2) is 2.99. The highest BCUT2D eigenvalue weighted by Crippen LogP contribution is 2.51. The Morgan fingerprint density at radius 3 is 2.73 bits per heavy atom. The lowest BCUT2D eigenvalue weighted by atomic mass is 9.83. The van der Waals surface area contributed by atoms with E-state index >= 15 is 0 Å². The smallest absolute Gasteiger partial charge is 0.225 e. The first kappa shape index (κ1) is 9.68. The Hall–Kier alpha value is -0.530. The van der Waals surface area contributed by atoms with Crippen molar-refractivity contribution >= 4 is 5.91 Å². The van der Waals surface area contributed by atoms with Crippen molar-refractivity contribution in [3.63, 3.8) is 0 Å². The predicted octanol–water partition coefficient (Wildman–Crippen LogP) is 2.29. The Morgan fingerprint density at radius 2 is 2.13 bits per heavy atom. The van der Waals surface area contributed by atoms with Gasteiger partial charge in [-0.25, -0.2) is 0 Å². The molecule has 1 aliphatic heterocycles. The quantitative estimate of drug-likeness (QED) is 0.646. The fourth-order valence-corrected chi connectivity index (χ4v) is 3.83. The van der Waals surface area contributed by atoms with E-state index in [4.69, 9.17) is 0 Å². The molecule has 1 heterocycles. The van der Waals surface area contributed by atoms with E-state index in [1.807, 2.05) is 0 Å². The molecule has 0 radical (unpaired) electrons. The van der Waals surface area contributed by atoms with Gasteiger partial charge >= 0.3 is 0 Å². The largest absolute Gasteiger partial charge is 0.342 e. The molecule has 0 bridgehead atoms. The zero-order valence-corrected chi connectivity index (χ0v) is 9.83. The van der Waals surface area contributed by atoms with Gasteiger partial charge in [0.2, 0.25) is 5.91 Å². The molecule has 15 heavy (non-hydrogen) atoms. The third-order valence-electron chi connectivity index (χ3n) is 4.72. The van der Waals surface area contributed by atoms with Crippen LogP contribution in [0.1, 0.15) is 39.5 Å². The van der Waals surface area contributed by atoms with Crippen LogP contribution in [-0.2, 0) is 4.79 Å². The lowest BCUT2D eigenvalue weighted by molar-refractivity contribution is -0.132. The van der Waals surface area contributed by atoms with E-state index < -0.39 is 0 Å². The van der Waals surface area contributed by atoms with E-state index in [2.05, 4.69) is 18.7 Å². The van der Waals surface area contributed by atoms with Crippen LogP contribution in [0.4, 0.5) is 0 Å². The molecule has 3 rings (SSSR count). The topological polar surface area (TPSA) is 20.3 Å². The summed E-state index contributed by atoms with van der Waals surface area (Å²) in [5.74, 6) is 2.52. The third-order valence-corrected chi connectivity index (χ3v) is 4.72. The van der Waals surface area contributed by atoms with E-state index in [-0.39, 0.29) is 0 Å². The van der Waals surface area contributed by atoms with Gasteiger partial charge in [-0.3, -0.25) is 4.79 Å². The molecule has 2 saturated carbocycles. The van der Waals surface area contributed by atoms with Gasteiger partial charge in [-0.15, -0.1) is 0 Å². The van der Waals surface area contributed by atoms with Crippen molar-refractivity contribution < 1.29 is 4.79 Å². The summed E-state index contributed by atoms with van der Waals surface area (Å²) in [7, 11) is 0. The van der Waals surface area contributed by atoms with Gasteiger partial charge in [0.1, 0.15) is 0 Å². The number of nitrogens with zero attached hydrogens (tertiary/aromatic N) is 1. The van der Waals surface area contributed by atoms with Crippen LogP contribution in [0.3, 0.4) is 0 Å². The number of carbonyl (C=O) groups is 1. The van der Waals surface area contributed by atoms with Gasteiger partial charge in [-0.1, -0.05) is 13.8 Å². The number of hydrogen-bond acceptors (Lipinski definition) is 1. The molecule has 0 N–H and O–H groups in total. The Labute approximate surface area is 92.0 Å². The molecule has 1 saturated heterocycles. The molecule has 3 unspecified atom stereocenters. The Morgan fingerprint density at radius 1 is 1.40 bits per heavy atom. The number of amides is 1. The molecular formula is C13H21NO. The van der Waals surface area contributed by atoms with Crippen LogP contribution in [0, 0.1) is 23.2 Å². The maximum Gasteiger partial charge on any atom is 0.225 e. The van der Waals surface area contributed by atoms with Gasteiger partial charge in [-0.05, 0) is 42.9 Å². The molecule has 3 fully saturated rings. The van der Waals surface area contributed by atoms with Gasteiger partial charge in [0, 0.05) is 19.0 Å². The molecule has 0 aromatic heterocycles. The van der Waals surface area contributed by atoms with Crippen LogP contribution >= 0.6 is 0 Å². The first-order chi connectivity index (χ1) is 7.08. The van der Waals surface area contributed by atoms with E-state index in [9.17, 15) is 4.79 Å². The minimum Gasteiger partial charge on any atom is -0.342 e. The Bertz CT molecular complexity index is 297. The number of rotatable bonds is 1. The number of carbonyl (C=O) groups excluding carboxylic acids is 1. The summed E-state index contributed by atoms with van der Waals surface area (Å²) in [6.45, 7) is 6.84. The molecule has 0 aromatic carbocycles. The van der Waals surface area contributed by atoms with Gasteiger partial charge < -0.3 is 4.90 Å². The molecular weight excluding hydrogens is 186 g/mol. The average Bonchev–Trinajstić information content (AvgIpc) is 2.87. The zero-order chi connectivity index (χ0) is 10.6. The monoisotopic (exact) mass is 207 g/mol. The summed E-state index contributed by atoms with van der Waals surface area (Å²) in [4.78, 5) is 14.1. The molecule has 84 valence electrons. The van der Waals surface area contributed by atoms with Crippen molar-refractivity contribution in [1.82, 2.24) is 4.90 Å². The second-order valence-electron chi connectivity index (χ2n) is 6.39. The summed E-state index contributed by atoms with van der Waals surface area (Å²) in [5, 5.41) is 0. The highest BCUT2D eigenvalue weighted by atomic mass is 16.2. The SMILES string of the molecule is CC1CC2CN(C(=O)C3CC3)CC2(C)C1. The van der Waals surface area contributed by atoms with Crippen molar-refractivity contribution in [2.75, 3.05) is 13.1 Å². The molecule has 1 amide bonds. The lowest BCUT2D eigenvalue weighted by Gasteiger charge is -2.23. The van der Waals surface area contributed by atoms with Crippen molar-refractivity contribution in [2.45, 2.75) is 39.5 Å². The van der Waals surface area contributed by atoms with Crippen LogP contribution < -0.4 is 0 Å². The van der Waals surface area contributed by atoms with Gasteiger partial charge in [0.15, 0.2) is 0 Å². The van der Waals surface area contributed by atoms with Crippen molar-refractivity contribution in [2.24, 2.45) is 23.2 Å². The lowest BCUT2D eigenvalue weighted by Crippen LogP contribution is -2.32. The summed E-state index contributed by atoms with van der Waals surface area (Å²) < 4.78 is 0. The highest BCUT2D eigenvalue weighted by molar-refractivity contribution is 5.81. The van der Waals surface area contributed by atoms with Crippen LogP contribution in [0.5, 0.6) is 0 Å². The molecule has 3 aliphatic rings. The molecule has 2 aliphatic carbocycles. The van der Waals surface area contributed by atoms with Crippen LogP contribution in [0.15, 0.2) is 0 Å². The number of hydrogen-bond donors (Lipinski definition) is 0. The summed E-state index contributed by atoms with van der Waals surface area (Å²) >= 11 is 0. The van der Waals surface area contributed by atoms with Crippen LogP contribution in [-0.4, -0.2) is 23.9 Å². The minimum absolute atomic E-state index is 0.407. The summed E-state index contributed by atoms with van der Waals surface area (Å²) in [5.41, 5.74) is 0.448. The molecule has 2 nitrogen and oxygen atoms in total. The van der Waals surface area contributed by atoms with E-state index in [0.717, 1.165) is 37.8 Å². The van der Waals surface area contributed by atoms with Crippen molar-refractivity contribution in [3.05, 3.63) is 0 Å². The van der Waals surface area contributed by atoms with Gasteiger partial charge in [0.25, 0.3) is 0 Å². The summed E-state index contributed by atoms with van der Waals surface area (Å²) in [6, 6.07) is 0. The number of likely N-dealkylation sites (tertiary alicyclic amines) is 1. The normalized spacial score (nSPS) is 44.5. The molecule has 3 atom stereocenters. The first-order valence-corrected chi connectivity index (χ1v) is 6.37. The predicted molar refractivity (Wildman–Crippen MR) is 59.3 cm³/mol. The maximum absolute atomic E-state index is 12.0. The fourth-order valence-electron chi connectivity index (χ4n) is 3.83. The van der Waals surface area contributed by atoms with E-state index in [1.165, 1.54) is 12.8 Å². The molecule has 0 spiro atoms. The second-order valence-corrected chi connectivity index (χ2v) is 6.39. The van der Waals surface area contributed by atoms with Crippen molar-refractivity contribution in [3.8, 4) is 0 Å². The first-order valence-electron chi connectivity index (χ1n) is 6.37. The van der Waals surface area contributed by atoms with Crippen molar-refractivity contribution in [1.29, 1.82) is 0 Å². The molecule has 2 heteroatoms. The fraction of sp³-hybridized carbons (Fsp3) is 0.923. The Balaban J connectivity index is 1.71. The average molecular weight is 207 g/mol. The minimum atomic E-state index is 0.407. The summed E-state index contributed by atoms with van der Waals surface area (Å²) in [6.07, 6.45) is 4.96. The van der Waals surface area contributed by atoms with E-state index in [0.29, 0.717) is 17.2 Å². The van der Waals surface area contributed by atoms with E-state index in [1.54, 1.807) is 0 Å². The maximum atomic E-state index is 12.0. The van der Waals surface area contributed by atoms with Gasteiger partial charge in [-0.2, -0.15) is 0 Å². The van der Waals surface area contributed by atoms with Gasteiger partial charge in [0.05, 0.1) is 0 Å². The Kier molecular flexibility index (Phi) is 1.93.